The third-order valence-corrected chi connectivity index (χ3v) is 8.90. The number of hydrogen-bond donors (Lipinski definition) is 0. The summed E-state index contributed by atoms with van der Waals surface area (Å²) >= 11 is 16.7. The van der Waals surface area contributed by atoms with Crippen LogP contribution >= 0.6 is 57.6 Å². The number of rotatable bonds is 7. The zero-order valence-electron chi connectivity index (χ0n) is 21.5. The molecule has 2 aliphatic heterocycles. The Balaban J connectivity index is 1.31. The van der Waals surface area contributed by atoms with Crippen LogP contribution in [0.2, 0.25) is 10.0 Å². The summed E-state index contributed by atoms with van der Waals surface area (Å²) < 4.78 is 7.07. The number of anilines is 1. The molecular weight excluding hydrogens is 664 g/mol. The third-order valence-electron chi connectivity index (χ3n) is 6.61. The minimum Gasteiger partial charge on any atom is -0.486 e. The predicted octanol–water partition coefficient (Wildman–Crippen LogP) is 8.79. The van der Waals surface area contributed by atoms with Crippen molar-refractivity contribution in [3.8, 4) is 5.75 Å². The molecule has 0 saturated carbocycles. The number of thioether (sulfide) groups is 1. The highest BCUT2D eigenvalue weighted by molar-refractivity contribution is 14.1. The highest BCUT2D eigenvalue weighted by Crippen LogP contribution is 2.38. The normalized spacial score (nSPS) is 17.9. The van der Waals surface area contributed by atoms with Gasteiger partial charge in [0.2, 0.25) is 0 Å². The van der Waals surface area contributed by atoms with Crippen LogP contribution in [0.4, 0.5) is 11.4 Å². The Labute approximate surface area is 257 Å². The van der Waals surface area contributed by atoms with Crippen LogP contribution in [0.5, 0.6) is 5.75 Å². The van der Waals surface area contributed by atoms with Gasteiger partial charge in [-0.2, -0.15) is 0 Å². The van der Waals surface area contributed by atoms with Crippen LogP contribution in [0.15, 0.2) is 70.6 Å². The number of amides is 1. The lowest BCUT2D eigenvalue weighted by Crippen LogP contribution is -2.29. The van der Waals surface area contributed by atoms with Crippen LogP contribution in [-0.2, 0) is 11.4 Å². The van der Waals surface area contributed by atoms with E-state index >= 15 is 0 Å². The van der Waals surface area contributed by atoms with Crippen LogP contribution in [0, 0.1) is 3.57 Å². The van der Waals surface area contributed by atoms with E-state index in [-0.39, 0.29) is 5.91 Å². The fraction of sp³-hybridized carbons (Fsp3) is 0.267. The molecule has 5 rings (SSSR count). The molecule has 0 aliphatic carbocycles. The molecule has 1 amide bonds. The molecule has 9 heteroatoms. The number of benzene rings is 3. The Morgan fingerprint density at radius 1 is 1.00 bits per heavy atom. The summed E-state index contributed by atoms with van der Waals surface area (Å²) in [5.74, 6) is 0.340. The van der Waals surface area contributed by atoms with Gasteiger partial charge >= 0.3 is 0 Å². The van der Waals surface area contributed by atoms with Crippen LogP contribution < -0.4 is 9.64 Å². The average molecular weight is 692 g/mol. The zero-order chi connectivity index (χ0) is 27.4. The lowest BCUT2D eigenvalue weighted by Gasteiger charge is -2.28. The first-order chi connectivity index (χ1) is 18.9. The maximum atomic E-state index is 13.2. The summed E-state index contributed by atoms with van der Waals surface area (Å²) in [5, 5.41) is 1.45. The molecule has 3 aromatic rings. The highest BCUT2D eigenvalue weighted by Gasteiger charge is 2.32. The number of halogens is 3. The number of piperidine rings is 1. The molecule has 0 unspecified atom stereocenters. The fourth-order valence-electron chi connectivity index (χ4n) is 4.56. The van der Waals surface area contributed by atoms with Crippen molar-refractivity contribution in [2.75, 3.05) is 24.5 Å². The van der Waals surface area contributed by atoms with Gasteiger partial charge in [-0.1, -0.05) is 35.3 Å². The maximum absolute atomic E-state index is 13.2. The molecule has 2 saturated heterocycles. The number of carbonyl (C=O) groups excluding carboxylic acids is 1. The second-order valence-corrected chi connectivity index (χ2v) is 12.4. The van der Waals surface area contributed by atoms with Gasteiger partial charge in [0.1, 0.15) is 6.61 Å². The van der Waals surface area contributed by atoms with Gasteiger partial charge in [-0.3, -0.25) is 9.69 Å². The number of ether oxygens (including phenoxy) is 1. The van der Waals surface area contributed by atoms with Gasteiger partial charge in [0.05, 0.1) is 20.6 Å². The third kappa shape index (κ3) is 6.93. The first kappa shape index (κ1) is 28.3. The summed E-state index contributed by atoms with van der Waals surface area (Å²) in [6.45, 7) is 5.03. The van der Waals surface area contributed by atoms with Crippen molar-refractivity contribution < 1.29 is 9.53 Å². The van der Waals surface area contributed by atoms with Crippen molar-refractivity contribution in [2.24, 2.45) is 4.99 Å². The Morgan fingerprint density at radius 2 is 1.67 bits per heavy atom. The predicted molar refractivity (Wildman–Crippen MR) is 173 cm³/mol. The number of likely N-dealkylation sites (N-methyl/N-ethyl adjacent to an activating group) is 1. The molecule has 0 bridgehead atoms. The van der Waals surface area contributed by atoms with E-state index in [1.165, 1.54) is 36.7 Å². The zero-order valence-corrected chi connectivity index (χ0v) is 26.0. The van der Waals surface area contributed by atoms with Crippen LogP contribution in [0.25, 0.3) is 6.08 Å². The Hall–Kier alpha value is -2.20. The molecule has 202 valence electrons. The smallest absolute Gasteiger partial charge is 0.266 e. The van der Waals surface area contributed by atoms with Gasteiger partial charge in [-0.25, -0.2) is 4.99 Å². The molecule has 0 aromatic heterocycles. The first-order valence-electron chi connectivity index (χ1n) is 12.9. The summed E-state index contributed by atoms with van der Waals surface area (Å²) in [7, 11) is 0. The first-order valence-corrected chi connectivity index (χ1v) is 15.6. The lowest BCUT2D eigenvalue weighted by atomic mass is 10.1. The minimum absolute atomic E-state index is 0.0857. The van der Waals surface area contributed by atoms with Gasteiger partial charge in [-0.05, 0) is 126 Å². The molecule has 0 atom stereocenters. The Bertz CT molecular complexity index is 1380. The highest BCUT2D eigenvalue weighted by atomic mass is 127. The molecule has 2 fully saturated rings. The number of hydrogen-bond acceptors (Lipinski definition) is 5. The number of amidine groups is 1. The summed E-state index contributed by atoms with van der Waals surface area (Å²) in [6.07, 6.45) is 5.59. The van der Waals surface area contributed by atoms with Gasteiger partial charge in [0.25, 0.3) is 5.91 Å². The number of aliphatic imine (C=N–C) groups is 1. The van der Waals surface area contributed by atoms with Crippen LogP contribution in [0.3, 0.4) is 0 Å². The topological polar surface area (TPSA) is 45.1 Å². The molecule has 0 N–H and O–H groups in total. The van der Waals surface area contributed by atoms with E-state index in [4.69, 9.17) is 32.9 Å². The van der Waals surface area contributed by atoms with E-state index in [0.29, 0.717) is 39.0 Å². The van der Waals surface area contributed by atoms with Crippen molar-refractivity contribution in [2.45, 2.75) is 32.8 Å². The van der Waals surface area contributed by atoms with Crippen molar-refractivity contribution in [3.63, 3.8) is 0 Å². The van der Waals surface area contributed by atoms with E-state index in [1.54, 1.807) is 23.1 Å². The van der Waals surface area contributed by atoms with E-state index in [1.807, 2.05) is 43.3 Å². The number of carbonyl (C=O) groups is 1. The molecule has 0 radical (unpaired) electrons. The standard InChI is InChI=1S/C30H28Cl2IN3O2S/c1-2-36-29(37)27(39-30(36)34-23-10-12-24(13-11-23)35-14-4-3-5-15-35)18-21-16-25(31)28(26(32)17-21)38-19-20-6-8-22(33)9-7-20/h6-13,16-18H,2-5,14-15,19H2,1H3/b27-18-,34-30?. The van der Waals surface area contributed by atoms with Crippen molar-refractivity contribution >= 4 is 86.1 Å². The molecule has 5 nitrogen and oxygen atoms in total. The summed E-state index contributed by atoms with van der Waals surface area (Å²) in [4.78, 5) is 22.7. The second-order valence-electron chi connectivity index (χ2n) is 9.35. The quantitative estimate of drug-likeness (QED) is 0.184. The average Bonchev–Trinajstić information content (AvgIpc) is 3.23. The van der Waals surface area contributed by atoms with Gasteiger partial charge in [-0.15, -0.1) is 0 Å². The minimum atomic E-state index is -0.0857. The molecule has 39 heavy (non-hydrogen) atoms. The van der Waals surface area contributed by atoms with E-state index in [0.717, 1.165) is 33.5 Å². The molecule has 0 spiro atoms. The largest absolute Gasteiger partial charge is 0.486 e. The molecule has 2 heterocycles. The maximum Gasteiger partial charge on any atom is 0.266 e. The second kappa shape index (κ2) is 13.0. The van der Waals surface area contributed by atoms with Crippen LogP contribution in [-0.4, -0.2) is 35.6 Å². The van der Waals surface area contributed by atoms with Crippen molar-refractivity contribution in [3.05, 3.63) is 90.3 Å². The van der Waals surface area contributed by atoms with E-state index in [9.17, 15) is 4.79 Å². The van der Waals surface area contributed by atoms with Gasteiger partial charge < -0.3 is 9.64 Å². The van der Waals surface area contributed by atoms with Crippen molar-refractivity contribution in [1.82, 2.24) is 4.90 Å². The van der Waals surface area contributed by atoms with Gasteiger partial charge in [0.15, 0.2) is 10.9 Å². The Morgan fingerprint density at radius 3 is 2.31 bits per heavy atom. The fourth-order valence-corrected chi connectivity index (χ4v) is 6.59. The SMILES string of the molecule is CCN1C(=O)/C(=C/c2cc(Cl)c(OCc3ccc(I)cc3)c(Cl)c2)SC1=Nc1ccc(N2CCCCC2)cc1. The Kier molecular flexibility index (Phi) is 9.43. The van der Waals surface area contributed by atoms with Crippen molar-refractivity contribution in [1.29, 1.82) is 0 Å². The monoisotopic (exact) mass is 691 g/mol. The van der Waals surface area contributed by atoms with Crippen LogP contribution in [0.1, 0.15) is 37.3 Å². The van der Waals surface area contributed by atoms with E-state index in [2.05, 4.69) is 39.6 Å². The van der Waals surface area contributed by atoms with Gasteiger partial charge in [0, 0.05) is 28.9 Å². The lowest BCUT2D eigenvalue weighted by molar-refractivity contribution is -0.122. The molecule has 2 aliphatic rings. The van der Waals surface area contributed by atoms with E-state index < -0.39 is 0 Å². The molecular formula is C30H28Cl2IN3O2S. The summed E-state index contributed by atoms with van der Waals surface area (Å²) in [6, 6.07) is 19.9. The number of nitrogens with zero attached hydrogens (tertiary/aromatic N) is 3. The molecule has 3 aromatic carbocycles. The summed E-state index contributed by atoms with van der Waals surface area (Å²) in [5.41, 5.74) is 3.80.